The number of imidazole rings is 1. The Kier molecular flexibility index (Phi) is 4.62. The SMILES string of the molecule is CC(C)(C)C(Cn1ccnc1)NC(=O)NCc1ccn[nH]1. The third-order valence-electron chi connectivity index (χ3n) is 3.30. The van der Waals surface area contributed by atoms with Gasteiger partial charge in [0.2, 0.25) is 0 Å². The first kappa shape index (κ1) is 15.1. The van der Waals surface area contributed by atoms with Crippen molar-refractivity contribution >= 4 is 6.03 Å². The lowest BCUT2D eigenvalue weighted by Crippen LogP contribution is -2.49. The Labute approximate surface area is 124 Å². The van der Waals surface area contributed by atoms with E-state index in [1.54, 1.807) is 18.7 Å². The number of urea groups is 1. The van der Waals surface area contributed by atoms with E-state index in [0.717, 1.165) is 5.69 Å². The van der Waals surface area contributed by atoms with Gasteiger partial charge in [0, 0.05) is 25.1 Å². The van der Waals surface area contributed by atoms with Crippen molar-refractivity contribution in [2.75, 3.05) is 0 Å². The van der Waals surface area contributed by atoms with Crippen molar-refractivity contribution in [2.45, 2.75) is 39.9 Å². The van der Waals surface area contributed by atoms with Crippen LogP contribution in [0, 0.1) is 5.41 Å². The van der Waals surface area contributed by atoms with E-state index < -0.39 is 0 Å². The van der Waals surface area contributed by atoms with Crippen molar-refractivity contribution in [1.82, 2.24) is 30.4 Å². The molecule has 1 atom stereocenters. The van der Waals surface area contributed by atoms with Gasteiger partial charge in [-0.3, -0.25) is 5.10 Å². The Morgan fingerprint density at radius 3 is 2.81 bits per heavy atom. The average Bonchev–Trinajstić information content (AvgIpc) is 3.07. The van der Waals surface area contributed by atoms with Crippen LogP contribution in [-0.4, -0.2) is 31.8 Å². The fourth-order valence-electron chi connectivity index (χ4n) is 1.91. The zero-order valence-electron chi connectivity index (χ0n) is 12.6. The maximum atomic E-state index is 12.0. The smallest absolute Gasteiger partial charge is 0.315 e. The van der Waals surface area contributed by atoms with Gasteiger partial charge in [0.15, 0.2) is 0 Å². The van der Waals surface area contributed by atoms with Crippen LogP contribution in [0.3, 0.4) is 0 Å². The number of hydrogen-bond acceptors (Lipinski definition) is 3. The minimum absolute atomic E-state index is 0.00605. The third-order valence-corrected chi connectivity index (χ3v) is 3.30. The van der Waals surface area contributed by atoms with Gasteiger partial charge in [-0.25, -0.2) is 9.78 Å². The second-order valence-electron chi connectivity index (χ2n) is 6.09. The zero-order valence-corrected chi connectivity index (χ0v) is 12.6. The molecule has 0 aliphatic heterocycles. The van der Waals surface area contributed by atoms with Gasteiger partial charge in [-0.2, -0.15) is 5.10 Å². The van der Waals surface area contributed by atoms with Crippen LogP contribution in [0.25, 0.3) is 0 Å². The van der Waals surface area contributed by atoms with Gasteiger partial charge >= 0.3 is 6.03 Å². The van der Waals surface area contributed by atoms with Crippen LogP contribution in [0.4, 0.5) is 4.79 Å². The number of aromatic amines is 1. The lowest BCUT2D eigenvalue weighted by molar-refractivity contribution is 0.209. The molecule has 1 unspecified atom stereocenters. The van der Waals surface area contributed by atoms with Crippen LogP contribution < -0.4 is 10.6 Å². The summed E-state index contributed by atoms with van der Waals surface area (Å²) in [5.74, 6) is 0. The molecular formula is C14H22N6O. The highest BCUT2D eigenvalue weighted by atomic mass is 16.2. The highest BCUT2D eigenvalue weighted by Gasteiger charge is 2.26. The molecule has 0 spiro atoms. The van der Waals surface area contributed by atoms with Crippen molar-refractivity contribution in [3.05, 3.63) is 36.7 Å². The fraction of sp³-hybridized carbons (Fsp3) is 0.500. The predicted molar refractivity (Wildman–Crippen MR) is 79.4 cm³/mol. The Morgan fingerprint density at radius 2 is 2.24 bits per heavy atom. The Morgan fingerprint density at radius 1 is 1.43 bits per heavy atom. The molecule has 114 valence electrons. The second kappa shape index (κ2) is 6.43. The molecule has 2 rings (SSSR count). The van der Waals surface area contributed by atoms with E-state index >= 15 is 0 Å². The molecule has 0 saturated heterocycles. The van der Waals surface area contributed by atoms with E-state index in [1.165, 1.54) is 0 Å². The van der Waals surface area contributed by atoms with E-state index in [4.69, 9.17) is 0 Å². The van der Waals surface area contributed by atoms with Crippen molar-refractivity contribution in [3.8, 4) is 0 Å². The zero-order chi connectivity index (χ0) is 15.3. The molecule has 7 heteroatoms. The van der Waals surface area contributed by atoms with Crippen LogP contribution in [0.2, 0.25) is 0 Å². The number of nitrogens with zero attached hydrogens (tertiary/aromatic N) is 3. The molecule has 7 nitrogen and oxygen atoms in total. The number of carbonyl (C=O) groups is 1. The summed E-state index contributed by atoms with van der Waals surface area (Å²) in [5.41, 5.74) is 0.808. The molecule has 0 saturated carbocycles. The van der Waals surface area contributed by atoms with Gasteiger partial charge in [0.05, 0.1) is 24.6 Å². The molecule has 0 aromatic carbocycles. The second-order valence-corrected chi connectivity index (χ2v) is 6.09. The van der Waals surface area contributed by atoms with E-state index in [1.807, 2.05) is 16.8 Å². The van der Waals surface area contributed by atoms with E-state index in [9.17, 15) is 4.79 Å². The third kappa shape index (κ3) is 4.62. The average molecular weight is 290 g/mol. The first-order valence-electron chi connectivity index (χ1n) is 6.93. The molecule has 2 amide bonds. The summed E-state index contributed by atoms with van der Waals surface area (Å²) in [5, 5.41) is 12.5. The molecule has 0 fully saturated rings. The first-order valence-corrected chi connectivity index (χ1v) is 6.93. The van der Waals surface area contributed by atoms with Gasteiger partial charge in [-0.05, 0) is 11.5 Å². The number of amides is 2. The molecule has 0 radical (unpaired) electrons. The summed E-state index contributed by atoms with van der Waals surface area (Å²) in [6, 6.07) is 1.63. The Balaban J connectivity index is 1.90. The highest BCUT2D eigenvalue weighted by Crippen LogP contribution is 2.20. The maximum absolute atomic E-state index is 12.0. The fourth-order valence-corrected chi connectivity index (χ4v) is 1.91. The van der Waals surface area contributed by atoms with Gasteiger partial charge in [-0.1, -0.05) is 20.8 Å². The molecule has 21 heavy (non-hydrogen) atoms. The van der Waals surface area contributed by atoms with Crippen molar-refractivity contribution in [1.29, 1.82) is 0 Å². The van der Waals surface area contributed by atoms with Crippen LogP contribution >= 0.6 is 0 Å². The number of hydrogen-bond donors (Lipinski definition) is 3. The monoisotopic (exact) mass is 290 g/mol. The number of carbonyl (C=O) groups excluding carboxylic acids is 1. The van der Waals surface area contributed by atoms with E-state index in [-0.39, 0.29) is 17.5 Å². The van der Waals surface area contributed by atoms with Crippen molar-refractivity contribution < 1.29 is 4.79 Å². The summed E-state index contributed by atoms with van der Waals surface area (Å²) in [6.07, 6.45) is 7.04. The first-order chi connectivity index (χ1) is 9.95. The summed E-state index contributed by atoms with van der Waals surface area (Å²) in [6.45, 7) is 7.41. The van der Waals surface area contributed by atoms with E-state index in [0.29, 0.717) is 13.1 Å². The summed E-state index contributed by atoms with van der Waals surface area (Å²) >= 11 is 0. The Hall–Kier alpha value is -2.31. The predicted octanol–water partition coefficient (Wildman–Crippen LogP) is 1.52. The molecule has 2 aromatic heterocycles. The minimum atomic E-state index is -0.190. The highest BCUT2D eigenvalue weighted by molar-refractivity contribution is 5.74. The minimum Gasteiger partial charge on any atom is -0.335 e. The van der Waals surface area contributed by atoms with E-state index in [2.05, 4.69) is 46.6 Å². The molecule has 0 bridgehead atoms. The Bertz CT molecular complexity index is 541. The molecule has 2 aromatic rings. The molecule has 2 heterocycles. The van der Waals surface area contributed by atoms with Crippen LogP contribution in [0.15, 0.2) is 31.0 Å². The summed E-state index contributed by atoms with van der Waals surface area (Å²) in [4.78, 5) is 16.1. The van der Waals surface area contributed by atoms with Crippen LogP contribution in [0.5, 0.6) is 0 Å². The topological polar surface area (TPSA) is 87.6 Å². The molecule has 3 N–H and O–H groups in total. The summed E-state index contributed by atoms with van der Waals surface area (Å²) < 4.78 is 1.96. The molecular weight excluding hydrogens is 268 g/mol. The molecule has 0 aliphatic rings. The van der Waals surface area contributed by atoms with Gasteiger partial charge in [0.1, 0.15) is 0 Å². The number of H-pyrrole nitrogens is 1. The number of aromatic nitrogens is 4. The standard InChI is InChI=1S/C14H22N6O/c1-14(2,3)12(9-20-7-6-15-10-20)18-13(21)16-8-11-4-5-17-19-11/h4-7,10,12H,8-9H2,1-3H3,(H,17,19)(H2,16,18,21). The maximum Gasteiger partial charge on any atom is 0.315 e. The van der Waals surface area contributed by atoms with Gasteiger partial charge < -0.3 is 15.2 Å². The number of nitrogens with one attached hydrogen (secondary N) is 3. The normalized spacial score (nSPS) is 12.9. The number of rotatable bonds is 5. The summed E-state index contributed by atoms with van der Waals surface area (Å²) in [7, 11) is 0. The van der Waals surface area contributed by atoms with Crippen LogP contribution in [-0.2, 0) is 13.1 Å². The van der Waals surface area contributed by atoms with Gasteiger partial charge in [-0.15, -0.1) is 0 Å². The molecule has 0 aliphatic carbocycles. The largest absolute Gasteiger partial charge is 0.335 e. The van der Waals surface area contributed by atoms with Crippen LogP contribution in [0.1, 0.15) is 26.5 Å². The van der Waals surface area contributed by atoms with Crippen molar-refractivity contribution in [3.63, 3.8) is 0 Å². The lowest BCUT2D eigenvalue weighted by atomic mass is 9.86. The lowest BCUT2D eigenvalue weighted by Gasteiger charge is -2.31. The quantitative estimate of drug-likeness (QED) is 0.780. The van der Waals surface area contributed by atoms with Crippen molar-refractivity contribution in [2.24, 2.45) is 5.41 Å². The van der Waals surface area contributed by atoms with Gasteiger partial charge in [0.25, 0.3) is 0 Å².